The second-order valence-electron chi connectivity index (χ2n) is 9.97. The van der Waals surface area contributed by atoms with E-state index in [2.05, 4.69) is 4.90 Å². The van der Waals surface area contributed by atoms with Crippen LogP contribution in [0.25, 0.3) is 0 Å². The predicted octanol–water partition coefficient (Wildman–Crippen LogP) is 1.94. The fraction of sp³-hybridized carbons (Fsp3) is 0.464. The van der Waals surface area contributed by atoms with Crippen LogP contribution >= 0.6 is 0 Å². The first-order valence-electron chi connectivity index (χ1n) is 12.9. The van der Waals surface area contributed by atoms with Gasteiger partial charge in [0.2, 0.25) is 5.91 Å². The maximum absolute atomic E-state index is 13.9. The minimum absolute atomic E-state index is 0.0656. The Kier molecular flexibility index (Phi) is 7.17. The first-order valence-corrected chi connectivity index (χ1v) is 12.9. The summed E-state index contributed by atoms with van der Waals surface area (Å²) >= 11 is 0. The van der Waals surface area contributed by atoms with Crippen LogP contribution in [0.5, 0.6) is 5.75 Å². The lowest BCUT2D eigenvalue weighted by Crippen LogP contribution is -2.61. The highest BCUT2D eigenvalue weighted by Crippen LogP contribution is 2.39. The van der Waals surface area contributed by atoms with E-state index < -0.39 is 11.8 Å². The molecule has 5 rings (SSSR count). The van der Waals surface area contributed by atoms with Crippen molar-refractivity contribution in [2.24, 2.45) is 0 Å². The van der Waals surface area contributed by atoms with Crippen molar-refractivity contribution in [2.75, 3.05) is 60.0 Å². The summed E-state index contributed by atoms with van der Waals surface area (Å²) in [6.45, 7) is 3.88. The number of methoxy groups -OCH3 is 1. The molecule has 9 heteroatoms. The molecule has 0 unspecified atom stereocenters. The molecule has 3 amide bonds. The Hall–Kier alpha value is -3.43. The fourth-order valence-corrected chi connectivity index (χ4v) is 5.51. The first-order chi connectivity index (χ1) is 17.9. The molecule has 9 nitrogen and oxygen atoms in total. The van der Waals surface area contributed by atoms with Crippen LogP contribution in [0.15, 0.2) is 54.6 Å². The summed E-state index contributed by atoms with van der Waals surface area (Å²) in [6, 6.07) is 15.5. The maximum Gasteiger partial charge on any atom is 0.256 e. The highest BCUT2D eigenvalue weighted by atomic mass is 16.5. The van der Waals surface area contributed by atoms with E-state index in [0.29, 0.717) is 55.9 Å². The zero-order valence-corrected chi connectivity index (χ0v) is 21.5. The van der Waals surface area contributed by atoms with Crippen LogP contribution < -0.4 is 4.74 Å². The van der Waals surface area contributed by atoms with E-state index in [1.54, 1.807) is 53.3 Å². The van der Waals surface area contributed by atoms with Crippen LogP contribution in [0.4, 0.5) is 0 Å². The van der Waals surface area contributed by atoms with E-state index in [1.807, 2.05) is 30.1 Å². The average Bonchev–Trinajstić information content (AvgIpc) is 3.31. The molecular formula is C28H34N4O5. The standard InChI is InChI=1S/C28H34N4O5/c1-29-15-17-31(18-16-29)27(35)24-20-37-28(32(24)26(34)21-7-4-3-5-8-21)11-13-30(14-12-28)25(33)22-9-6-10-23(19-22)36-2/h3-10,19,24H,11-18,20H2,1-2H3/t24-/m1/s1. The minimum Gasteiger partial charge on any atom is -0.497 e. The third-order valence-corrected chi connectivity index (χ3v) is 7.75. The molecule has 0 N–H and O–H groups in total. The SMILES string of the molecule is COc1cccc(C(=O)N2CCC3(CC2)OC[C@H](C(=O)N2CCN(C)CC2)N3C(=O)c2ccccc2)c1. The van der Waals surface area contributed by atoms with Crippen molar-refractivity contribution in [3.63, 3.8) is 0 Å². The largest absolute Gasteiger partial charge is 0.497 e. The molecule has 2 aromatic carbocycles. The Morgan fingerprint density at radius 2 is 1.51 bits per heavy atom. The first kappa shape index (κ1) is 25.2. The lowest BCUT2D eigenvalue weighted by molar-refractivity contribution is -0.139. The Bertz CT molecular complexity index is 1140. The summed E-state index contributed by atoms with van der Waals surface area (Å²) < 4.78 is 11.6. The number of amides is 3. The molecule has 37 heavy (non-hydrogen) atoms. The summed E-state index contributed by atoms with van der Waals surface area (Å²) in [5.41, 5.74) is 0.159. The van der Waals surface area contributed by atoms with Crippen LogP contribution in [0.3, 0.4) is 0 Å². The van der Waals surface area contributed by atoms with Crippen LogP contribution in [-0.2, 0) is 9.53 Å². The smallest absolute Gasteiger partial charge is 0.256 e. The van der Waals surface area contributed by atoms with Gasteiger partial charge in [0.05, 0.1) is 13.7 Å². The van der Waals surface area contributed by atoms with Crippen molar-refractivity contribution in [1.29, 1.82) is 0 Å². The quantitative estimate of drug-likeness (QED) is 0.631. The number of ether oxygens (including phenoxy) is 2. The molecule has 1 atom stereocenters. The number of benzene rings is 2. The van der Waals surface area contributed by atoms with Gasteiger partial charge in [0.1, 0.15) is 17.5 Å². The van der Waals surface area contributed by atoms with Crippen LogP contribution in [0.2, 0.25) is 0 Å². The molecule has 3 saturated heterocycles. The Morgan fingerprint density at radius 3 is 2.19 bits per heavy atom. The molecule has 1 spiro atoms. The Balaban J connectivity index is 1.37. The highest BCUT2D eigenvalue weighted by Gasteiger charge is 2.55. The third kappa shape index (κ3) is 4.93. The number of piperazine rings is 1. The summed E-state index contributed by atoms with van der Waals surface area (Å²) in [4.78, 5) is 48.2. The number of piperidine rings is 1. The van der Waals surface area contributed by atoms with E-state index in [9.17, 15) is 14.4 Å². The van der Waals surface area contributed by atoms with Gasteiger partial charge in [0.25, 0.3) is 11.8 Å². The number of rotatable bonds is 4. The highest BCUT2D eigenvalue weighted by molar-refractivity contribution is 5.98. The van der Waals surface area contributed by atoms with Gasteiger partial charge >= 0.3 is 0 Å². The summed E-state index contributed by atoms with van der Waals surface area (Å²) in [7, 11) is 3.62. The zero-order chi connectivity index (χ0) is 26.0. The van der Waals surface area contributed by atoms with Crippen molar-refractivity contribution >= 4 is 17.7 Å². The van der Waals surface area contributed by atoms with Crippen LogP contribution in [0, 0.1) is 0 Å². The molecule has 0 aliphatic carbocycles. The normalized spacial score (nSPS) is 21.8. The molecule has 2 aromatic rings. The van der Waals surface area contributed by atoms with Crippen molar-refractivity contribution in [2.45, 2.75) is 24.6 Å². The van der Waals surface area contributed by atoms with Gasteiger partial charge < -0.3 is 24.2 Å². The minimum atomic E-state index is -0.926. The second kappa shape index (κ2) is 10.5. The van der Waals surface area contributed by atoms with E-state index in [-0.39, 0.29) is 24.3 Å². The van der Waals surface area contributed by atoms with Gasteiger partial charge in [-0.15, -0.1) is 0 Å². The van der Waals surface area contributed by atoms with Crippen molar-refractivity contribution in [3.05, 3.63) is 65.7 Å². The molecule has 3 aliphatic rings. The van der Waals surface area contributed by atoms with Crippen LogP contribution in [-0.4, -0.2) is 109 Å². The van der Waals surface area contributed by atoms with E-state index in [0.717, 1.165) is 13.1 Å². The molecule has 0 radical (unpaired) electrons. The maximum atomic E-state index is 13.9. The van der Waals surface area contributed by atoms with Crippen LogP contribution in [0.1, 0.15) is 33.6 Å². The van der Waals surface area contributed by atoms with E-state index in [4.69, 9.17) is 9.47 Å². The van der Waals surface area contributed by atoms with Gasteiger partial charge in [0.15, 0.2) is 0 Å². The average molecular weight is 507 g/mol. The molecular weight excluding hydrogens is 472 g/mol. The molecule has 196 valence electrons. The molecule has 0 bridgehead atoms. The Labute approximate surface area is 217 Å². The van der Waals surface area contributed by atoms with E-state index in [1.165, 1.54) is 0 Å². The van der Waals surface area contributed by atoms with Gasteiger partial charge in [-0.25, -0.2) is 0 Å². The summed E-state index contributed by atoms with van der Waals surface area (Å²) in [5.74, 6) is 0.267. The monoisotopic (exact) mass is 506 g/mol. The number of carbonyl (C=O) groups excluding carboxylic acids is 3. The van der Waals surface area contributed by atoms with Gasteiger partial charge in [0, 0.05) is 63.2 Å². The molecule has 3 fully saturated rings. The number of likely N-dealkylation sites (tertiary alicyclic amines) is 1. The van der Waals surface area contributed by atoms with Gasteiger partial charge in [-0.2, -0.15) is 0 Å². The lowest BCUT2D eigenvalue weighted by atomic mass is 9.96. The number of hydrogen-bond donors (Lipinski definition) is 0. The fourth-order valence-electron chi connectivity index (χ4n) is 5.51. The summed E-state index contributed by atoms with van der Waals surface area (Å²) in [6.07, 6.45) is 0.877. The number of likely N-dealkylation sites (N-methyl/N-ethyl adjacent to an activating group) is 1. The molecule has 0 aromatic heterocycles. The second-order valence-corrected chi connectivity index (χ2v) is 9.97. The van der Waals surface area contributed by atoms with E-state index >= 15 is 0 Å². The molecule has 3 heterocycles. The predicted molar refractivity (Wildman–Crippen MR) is 137 cm³/mol. The van der Waals surface area contributed by atoms with Crippen molar-refractivity contribution in [1.82, 2.24) is 19.6 Å². The third-order valence-electron chi connectivity index (χ3n) is 7.75. The molecule has 0 saturated carbocycles. The number of hydrogen-bond acceptors (Lipinski definition) is 6. The van der Waals surface area contributed by atoms with Gasteiger partial charge in [-0.05, 0) is 37.4 Å². The topological polar surface area (TPSA) is 82.6 Å². The van der Waals surface area contributed by atoms with Crippen molar-refractivity contribution < 1.29 is 23.9 Å². The lowest BCUT2D eigenvalue weighted by Gasteiger charge is -2.45. The van der Waals surface area contributed by atoms with Gasteiger partial charge in [-0.3, -0.25) is 19.3 Å². The zero-order valence-electron chi connectivity index (χ0n) is 21.5. The number of nitrogens with zero attached hydrogens (tertiary/aromatic N) is 4. The number of carbonyl (C=O) groups is 3. The summed E-state index contributed by atoms with van der Waals surface area (Å²) in [5, 5.41) is 0. The molecule has 3 aliphatic heterocycles. The Morgan fingerprint density at radius 1 is 0.838 bits per heavy atom. The van der Waals surface area contributed by atoms with Gasteiger partial charge in [-0.1, -0.05) is 24.3 Å². The van der Waals surface area contributed by atoms with Crippen molar-refractivity contribution in [3.8, 4) is 5.75 Å².